The highest BCUT2D eigenvalue weighted by Gasteiger charge is 2.12. The van der Waals surface area contributed by atoms with Crippen LogP contribution in [0.2, 0.25) is 0 Å². The summed E-state index contributed by atoms with van der Waals surface area (Å²) in [7, 11) is 0. The van der Waals surface area contributed by atoms with Gasteiger partial charge in [0, 0.05) is 23.5 Å². The van der Waals surface area contributed by atoms with Gasteiger partial charge in [0.05, 0.1) is 0 Å². The molecular formula is C14H16N2O2. The van der Waals surface area contributed by atoms with Crippen LogP contribution in [0.5, 0.6) is 5.75 Å². The lowest BCUT2D eigenvalue weighted by Gasteiger charge is -2.07. The quantitative estimate of drug-likeness (QED) is 0.812. The maximum Gasteiger partial charge on any atom is 0.270 e. The van der Waals surface area contributed by atoms with E-state index in [2.05, 4.69) is 17.2 Å². The summed E-state index contributed by atoms with van der Waals surface area (Å²) in [5.74, 6) is -0.0304. The first-order chi connectivity index (χ1) is 8.74. The minimum absolute atomic E-state index is 0.164. The lowest BCUT2D eigenvalue weighted by Crippen LogP contribution is -2.25. The van der Waals surface area contributed by atoms with Crippen LogP contribution >= 0.6 is 0 Å². The van der Waals surface area contributed by atoms with Crippen molar-refractivity contribution in [3.8, 4) is 5.75 Å². The average molecular weight is 244 g/mol. The lowest BCUT2D eigenvalue weighted by atomic mass is 10.1. The average Bonchev–Trinajstić information content (AvgIpc) is 2.39. The Hall–Kier alpha value is -2.10. The van der Waals surface area contributed by atoms with E-state index in [0.717, 1.165) is 12.8 Å². The standard InChI is InChI=1S/C14H16N2O2/c1-2-3-8-16-14(18)13-11-5-4-6-12(17)10(11)7-9-15-13/h4-7,9,17H,2-3,8H2,1H3,(H,16,18). The van der Waals surface area contributed by atoms with Crippen molar-refractivity contribution in [3.05, 3.63) is 36.2 Å². The molecule has 1 aromatic heterocycles. The van der Waals surface area contributed by atoms with E-state index in [1.807, 2.05) is 0 Å². The molecule has 0 bridgehead atoms. The lowest BCUT2D eigenvalue weighted by molar-refractivity contribution is 0.0950. The predicted molar refractivity (Wildman–Crippen MR) is 70.6 cm³/mol. The third-order valence-corrected chi connectivity index (χ3v) is 2.81. The number of unbranched alkanes of at least 4 members (excludes halogenated alkanes) is 1. The number of amides is 1. The minimum Gasteiger partial charge on any atom is -0.507 e. The van der Waals surface area contributed by atoms with E-state index in [-0.39, 0.29) is 11.7 Å². The molecule has 0 spiro atoms. The molecule has 0 unspecified atom stereocenters. The summed E-state index contributed by atoms with van der Waals surface area (Å²) in [6.45, 7) is 2.71. The van der Waals surface area contributed by atoms with E-state index >= 15 is 0 Å². The number of hydrogen-bond acceptors (Lipinski definition) is 3. The molecule has 0 fully saturated rings. The number of nitrogens with one attached hydrogen (secondary N) is 1. The number of rotatable bonds is 4. The van der Waals surface area contributed by atoms with Crippen LogP contribution in [-0.2, 0) is 0 Å². The van der Waals surface area contributed by atoms with E-state index in [1.54, 1.807) is 24.3 Å². The fourth-order valence-corrected chi connectivity index (χ4v) is 1.83. The summed E-state index contributed by atoms with van der Waals surface area (Å²) >= 11 is 0. The van der Waals surface area contributed by atoms with Crippen LogP contribution in [0.25, 0.3) is 10.8 Å². The number of aromatic nitrogens is 1. The van der Waals surface area contributed by atoms with E-state index < -0.39 is 0 Å². The summed E-state index contributed by atoms with van der Waals surface area (Å²) in [5.41, 5.74) is 0.361. The molecule has 1 aromatic carbocycles. The molecule has 18 heavy (non-hydrogen) atoms. The number of fused-ring (bicyclic) bond motifs is 1. The predicted octanol–water partition coefficient (Wildman–Crippen LogP) is 2.47. The maximum atomic E-state index is 12.0. The number of carbonyl (C=O) groups excluding carboxylic acids is 1. The Labute approximate surface area is 106 Å². The summed E-state index contributed by atoms with van der Waals surface area (Å²) in [6, 6.07) is 6.80. The number of carbonyl (C=O) groups is 1. The molecule has 0 aliphatic carbocycles. The Balaban J connectivity index is 2.33. The van der Waals surface area contributed by atoms with Crippen LogP contribution in [0, 0.1) is 0 Å². The summed E-state index contributed by atoms with van der Waals surface area (Å²) in [5, 5.41) is 13.9. The molecule has 4 heteroatoms. The second-order valence-electron chi connectivity index (χ2n) is 4.14. The van der Waals surface area contributed by atoms with Gasteiger partial charge in [-0.05, 0) is 18.6 Å². The third kappa shape index (κ3) is 2.42. The molecule has 1 amide bonds. The van der Waals surface area contributed by atoms with Crippen LogP contribution < -0.4 is 5.32 Å². The molecule has 2 aromatic rings. The summed E-state index contributed by atoms with van der Waals surface area (Å²) in [6.07, 6.45) is 3.52. The van der Waals surface area contributed by atoms with Crippen molar-refractivity contribution in [2.45, 2.75) is 19.8 Å². The zero-order valence-electron chi connectivity index (χ0n) is 10.3. The van der Waals surface area contributed by atoms with Gasteiger partial charge in [-0.1, -0.05) is 25.5 Å². The van der Waals surface area contributed by atoms with Gasteiger partial charge in [-0.3, -0.25) is 9.78 Å². The molecule has 0 aliphatic heterocycles. The second kappa shape index (κ2) is 5.49. The monoisotopic (exact) mass is 244 g/mol. The van der Waals surface area contributed by atoms with Gasteiger partial charge in [0.15, 0.2) is 0 Å². The molecule has 0 saturated carbocycles. The van der Waals surface area contributed by atoms with Gasteiger partial charge >= 0.3 is 0 Å². The van der Waals surface area contributed by atoms with Gasteiger partial charge in [-0.15, -0.1) is 0 Å². The van der Waals surface area contributed by atoms with Crippen molar-refractivity contribution in [1.29, 1.82) is 0 Å². The minimum atomic E-state index is -0.195. The Morgan fingerprint density at radius 1 is 1.33 bits per heavy atom. The summed E-state index contributed by atoms with van der Waals surface area (Å²) in [4.78, 5) is 16.1. The molecule has 2 N–H and O–H groups in total. The zero-order chi connectivity index (χ0) is 13.0. The highest BCUT2D eigenvalue weighted by atomic mass is 16.3. The number of pyridine rings is 1. The van der Waals surface area contributed by atoms with Gasteiger partial charge in [-0.25, -0.2) is 0 Å². The Morgan fingerprint density at radius 2 is 2.17 bits per heavy atom. The maximum absolute atomic E-state index is 12.0. The largest absolute Gasteiger partial charge is 0.507 e. The number of hydrogen-bond donors (Lipinski definition) is 2. The summed E-state index contributed by atoms with van der Waals surface area (Å²) < 4.78 is 0. The molecule has 0 radical (unpaired) electrons. The molecule has 0 saturated heterocycles. The number of phenolic OH excluding ortho intramolecular Hbond substituents is 1. The fraction of sp³-hybridized carbons (Fsp3) is 0.286. The van der Waals surface area contributed by atoms with Gasteiger partial charge in [-0.2, -0.15) is 0 Å². The van der Waals surface area contributed by atoms with Crippen molar-refractivity contribution in [2.75, 3.05) is 6.54 Å². The Bertz CT molecular complexity index is 567. The number of aromatic hydroxyl groups is 1. The van der Waals surface area contributed by atoms with Crippen LogP contribution in [0.1, 0.15) is 30.3 Å². The first-order valence-corrected chi connectivity index (χ1v) is 6.09. The first-order valence-electron chi connectivity index (χ1n) is 6.09. The van der Waals surface area contributed by atoms with E-state index in [1.165, 1.54) is 6.20 Å². The third-order valence-electron chi connectivity index (χ3n) is 2.81. The highest BCUT2D eigenvalue weighted by molar-refractivity contribution is 6.06. The smallest absolute Gasteiger partial charge is 0.270 e. The van der Waals surface area contributed by atoms with Crippen molar-refractivity contribution in [1.82, 2.24) is 10.3 Å². The van der Waals surface area contributed by atoms with Gasteiger partial charge in [0.25, 0.3) is 5.91 Å². The van der Waals surface area contributed by atoms with Crippen LogP contribution in [0.4, 0.5) is 0 Å². The van der Waals surface area contributed by atoms with E-state index in [4.69, 9.17) is 0 Å². The SMILES string of the molecule is CCCCNC(=O)c1nccc2c(O)cccc12. The molecule has 0 aliphatic rings. The zero-order valence-corrected chi connectivity index (χ0v) is 10.3. The molecule has 0 atom stereocenters. The number of nitrogens with zero attached hydrogens (tertiary/aromatic N) is 1. The van der Waals surface area contributed by atoms with Crippen LogP contribution in [-0.4, -0.2) is 22.5 Å². The molecule has 94 valence electrons. The Kier molecular flexibility index (Phi) is 3.77. The van der Waals surface area contributed by atoms with Crippen molar-refractivity contribution in [2.24, 2.45) is 0 Å². The van der Waals surface area contributed by atoms with Gasteiger partial charge in [0.1, 0.15) is 11.4 Å². The molecule has 2 rings (SSSR count). The Morgan fingerprint density at radius 3 is 2.94 bits per heavy atom. The highest BCUT2D eigenvalue weighted by Crippen LogP contribution is 2.25. The van der Waals surface area contributed by atoms with E-state index in [9.17, 15) is 9.90 Å². The van der Waals surface area contributed by atoms with E-state index in [0.29, 0.717) is 23.0 Å². The first kappa shape index (κ1) is 12.4. The van der Waals surface area contributed by atoms with Crippen molar-refractivity contribution in [3.63, 3.8) is 0 Å². The van der Waals surface area contributed by atoms with Crippen molar-refractivity contribution >= 4 is 16.7 Å². The van der Waals surface area contributed by atoms with Crippen LogP contribution in [0.3, 0.4) is 0 Å². The molecular weight excluding hydrogens is 228 g/mol. The normalized spacial score (nSPS) is 10.5. The fourth-order valence-electron chi connectivity index (χ4n) is 1.83. The molecule has 1 heterocycles. The number of phenols is 1. The second-order valence-corrected chi connectivity index (χ2v) is 4.14. The van der Waals surface area contributed by atoms with Crippen molar-refractivity contribution < 1.29 is 9.90 Å². The van der Waals surface area contributed by atoms with Gasteiger partial charge in [0.2, 0.25) is 0 Å². The van der Waals surface area contributed by atoms with Crippen LogP contribution in [0.15, 0.2) is 30.5 Å². The molecule has 4 nitrogen and oxygen atoms in total. The topological polar surface area (TPSA) is 62.2 Å². The van der Waals surface area contributed by atoms with Gasteiger partial charge < -0.3 is 10.4 Å². The number of benzene rings is 1.